The lowest BCUT2D eigenvalue weighted by Crippen LogP contribution is -2.14. The van der Waals surface area contributed by atoms with E-state index in [1.54, 1.807) is 18.2 Å². The monoisotopic (exact) mass is 266 g/mol. The smallest absolute Gasteiger partial charge is 0.260 e. The predicted molar refractivity (Wildman–Crippen MR) is 67.7 cm³/mol. The molecule has 0 aliphatic heterocycles. The van der Waals surface area contributed by atoms with Gasteiger partial charge in [-0.2, -0.15) is 0 Å². The average molecular weight is 266 g/mol. The summed E-state index contributed by atoms with van der Waals surface area (Å²) in [7, 11) is -3.61. The molecule has 1 aromatic heterocycles. The Morgan fingerprint density at radius 1 is 1.22 bits per heavy atom. The summed E-state index contributed by atoms with van der Waals surface area (Å²) in [6, 6.07) is 8.14. The van der Waals surface area contributed by atoms with Crippen LogP contribution in [0.1, 0.15) is 25.5 Å². The highest BCUT2D eigenvalue weighted by Gasteiger charge is 2.19. The van der Waals surface area contributed by atoms with Crippen molar-refractivity contribution in [1.29, 1.82) is 0 Å². The second kappa shape index (κ2) is 4.77. The molecule has 0 spiro atoms. The Labute approximate surface area is 105 Å². The van der Waals surface area contributed by atoms with Crippen LogP contribution in [0.4, 0.5) is 5.82 Å². The van der Waals surface area contributed by atoms with Crippen LogP contribution in [0, 0.1) is 0 Å². The number of hydrogen-bond acceptors (Lipinski definition) is 4. The lowest BCUT2D eigenvalue weighted by molar-refractivity contribution is 0.601. The number of hydrogen-bond donors (Lipinski definition) is 2. The highest BCUT2D eigenvalue weighted by Crippen LogP contribution is 2.21. The largest absolute Gasteiger partial charge is 0.263 e. The third-order valence-corrected chi connectivity index (χ3v) is 3.79. The molecular formula is C11H14N4O2S. The van der Waals surface area contributed by atoms with Gasteiger partial charge in [-0.1, -0.05) is 37.3 Å². The van der Waals surface area contributed by atoms with Crippen LogP contribution in [0.2, 0.25) is 0 Å². The molecule has 2 rings (SSSR count). The van der Waals surface area contributed by atoms with E-state index in [2.05, 4.69) is 20.1 Å². The van der Waals surface area contributed by atoms with Crippen LogP contribution in [0.3, 0.4) is 0 Å². The molecule has 1 heterocycles. The van der Waals surface area contributed by atoms with Crippen LogP contribution >= 0.6 is 0 Å². The zero-order valence-corrected chi connectivity index (χ0v) is 10.9. The summed E-state index contributed by atoms with van der Waals surface area (Å²) in [6.07, 6.45) is 0. The second-order valence-electron chi connectivity index (χ2n) is 4.15. The maximum absolute atomic E-state index is 12.1. The molecule has 0 amide bonds. The first-order valence-corrected chi connectivity index (χ1v) is 6.98. The van der Waals surface area contributed by atoms with Gasteiger partial charge in [0, 0.05) is 0 Å². The molecule has 0 unspecified atom stereocenters. The van der Waals surface area contributed by atoms with E-state index in [0.29, 0.717) is 5.69 Å². The summed E-state index contributed by atoms with van der Waals surface area (Å²) < 4.78 is 26.6. The van der Waals surface area contributed by atoms with Gasteiger partial charge >= 0.3 is 0 Å². The first-order chi connectivity index (χ1) is 8.50. The molecule has 0 bridgehead atoms. The summed E-state index contributed by atoms with van der Waals surface area (Å²) in [5.41, 5.74) is 0.662. The van der Waals surface area contributed by atoms with Crippen LogP contribution in [0.5, 0.6) is 0 Å². The van der Waals surface area contributed by atoms with Crippen molar-refractivity contribution in [3.05, 3.63) is 36.0 Å². The van der Waals surface area contributed by atoms with E-state index in [4.69, 9.17) is 0 Å². The van der Waals surface area contributed by atoms with E-state index < -0.39 is 10.0 Å². The third kappa shape index (κ3) is 2.51. The first kappa shape index (κ1) is 12.6. The molecular weight excluding hydrogens is 252 g/mol. The first-order valence-electron chi connectivity index (χ1n) is 5.49. The number of benzene rings is 1. The zero-order chi connectivity index (χ0) is 13.2. The standard InChI is InChI=1S/C11H14N4O2S/c1-8(2)10-11(13-15-12-10)14-18(16,17)9-6-4-3-5-7-9/h3-8H,1-2H3,(H2,12,13,14,15). The Hall–Kier alpha value is -1.89. The summed E-state index contributed by atoms with van der Waals surface area (Å²) in [5, 5.41) is 10.1. The van der Waals surface area contributed by atoms with Crippen molar-refractivity contribution in [1.82, 2.24) is 15.4 Å². The molecule has 0 atom stereocenters. The Morgan fingerprint density at radius 3 is 2.50 bits per heavy atom. The van der Waals surface area contributed by atoms with Crippen LogP contribution < -0.4 is 4.72 Å². The van der Waals surface area contributed by atoms with E-state index in [-0.39, 0.29) is 16.6 Å². The van der Waals surface area contributed by atoms with Gasteiger partial charge in [-0.05, 0) is 18.1 Å². The van der Waals surface area contributed by atoms with Crippen molar-refractivity contribution in [2.24, 2.45) is 0 Å². The normalized spacial score (nSPS) is 11.7. The fourth-order valence-corrected chi connectivity index (χ4v) is 2.54. The molecule has 2 aromatic rings. The van der Waals surface area contributed by atoms with Crippen LogP contribution in [-0.2, 0) is 10.0 Å². The molecule has 0 aliphatic rings. The van der Waals surface area contributed by atoms with Crippen molar-refractivity contribution in [3.63, 3.8) is 0 Å². The number of H-pyrrole nitrogens is 1. The number of nitrogens with zero attached hydrogens (tertiary/aromatic N) is 2. The van der Waals surface area contributed by atoms with Gasteiger partial charge in [0.05, 0.1) is 10.6 Å². The quantitative estimate of drug-likeness (QED) is 0.882. The highest BCUT2D eigenvalue weighted by molar-refractivity contribution is 7.92. The minimum absolute atomic E-state index is 0.105. The Morgan fingerprint density at radius 2 is 1.89 bits per heavy atom. The Balaban J connectivity index is 2.32. The summed E-state index contributed by atoms with van der Waals surface area (Å²) in [4.78, 5) is 0.197. The Bertz CT molecular complexity index is 620. The molecule has 0 aliphatic carbocycles. The zero-order valence-electron chi connectivity index (χ0n) is 10.1. The van der Waals surface area contributed by atoms with E-state index in [1.165, 1.54) is 12.1 Å². The van der Waals surface area contributed by atoms with Gasteiger partial charge in [0.15, 0.2) is 5.82 Å². The van der Waals surface area contributed by atoms with Crippen LogP contribution in [0.25, 0.3) is 0 Å². The Kier molecular flexibility index (Phi) is 3.33. The molecule has 0 fully saturated rings. The number of aromatic nitrogens is 3. The van der Waals surface area contributed by atoms with E-state index in [9.17, 15) is 8.42 Å². The molecule has 96 valence electrons. The number of anilines is 1. The highest BCUT2D eigenvalue weighted by atomic mass is 32.2. The maximum atomic E-state index is 12.1. The average Bonchev–Trinajstić information content (AvgIpc) is 2.78. The molecule has 18 heavy (non-hydrogen) atoms. The number of nitrogens with one attached hydrogen (secondary N) is 2. The van der Waals surface area contributed by atoms with E-state index >= 15 is 0 Å². The maximum Gasteiger partial charge on any atom is 0.263 e. The lowest BCUT2D eigenvalue weighted by atomic mass is 10.1. The van der Waals surface area contributed by atoms with Crippen LogP contribution in [0.15, 0.2) is 35.2 Å². The van der Waals surface area contributed by atoms with Crippen molar-refractivity contribution >= 4 is 15.8 Å². The molecule has 7 heteroatoms. The minimum atomic E-state index is -3.61. The van der Waals surface area contributed by atoms with Gasteiger partial charge in [0.1, 0.15) is 0 Å². The van der Waals surface area contributed by atoms with Gasteiger partial charge in [0.25, 0.3) is 10.0 Å². The SMILES string of the molecule is CC(C)c1[nH]nnc1NS(=O)(=O)c1ccccc1. The summed E-state index contributed by atoms with van der Waals surface area (Å²) >= 11 is 0. The number of sulfonamides is 1. The van der Waals surface area contributed by atoms with Crippen molar-refractivity contribution in [3.8, 4) is 0 Å². The van der Waals surface area contributed by atoms with Gasteiger partial charge in [-0.25, -0.2) is 8.42 Å². The van der Waals surface area contributed by atoms with Crippen molar-refractivity contribution in [2.75, 3.05) is 4.72 Å². The number of aromatic amines is 1. The molecule has 0 saturated heterocycles. The molecule has 0 saturated carbocycles. The summed E-state index contributed by atoms with van der Waals surface area (Å²) in [6.45, 7) is 3.85. The van der Waals surface area contributed by atoms with Crippen molar-refractivity contribution < 1.29 is 8.42 Å². The predicted octanol–water partition coefficient (Wildman–Crippen LogP) is 1.73. The summed E-state index contributed by atoms with van der Waals surface area (Å²) in [5.74, 6) is 0.349. The van der Waals surface area contributed by atoms with Gasteiger partial charge in [-0.3, -0.25) is 9.82 Å². The van der Waals surface area contributed by atoms with Gasteiger partial charge in [0.2, 0.25) is 0 Å². The molecule has 2 N–H and O–H groups in total. The fourth-order valence-electron chi connectivity index (χ4n) is 1.50. The molecule has 6 nitrogen and oxygen atoms in total. The van der Waals surface area contributed by atoms with E-state index in [0.717, 1.165) is 0 Å². The minimum Gasteiger partial charge on any atom is -0.260 e. The lowest BCUT2D eigenvalue weighted by Gasteiger charge is -2.08. The number of rotatable bonds is 4. The van der Waals surface area contributed by atoms with Gasteiger partial charge < -0.3 is 0 Å². The fraction of sp³-hybridized carbons (Fsp3) is 0.273. The second-order valence-corrected chi connectivity index (χ2v) is 5.83. The van der Waals surface area contributed by atoms with Crippen molar-refractivity contribution in [2.45, 2.75) is 24.7 Å². The third-order valence-electron chi connectivity index (χ3n) is 2.44. The molecule has 1 aromatic carbocycles. The van der Waals surface area contributed by atoms with Crippen LogP contribution in [-0.4, -0.2) is 23.8 Å². The topological polar surface area (TPSA) is 87.7 Å². The molecule has 0 radical (unpaired) electrons. The van der Waals surface area contributed by atoms with Gasteiger partial charge in [-0.15, -0.1) is 5.10 Å². The van der Waals surface area contributed by atoms with E-state index in [1.807, 2.05) is 13.8 Å².